The molecule has 1 aliphatic carbocycles. The largest absolute Gasteiger partial charge is 0.322 e. The van der Waals surface area contributed by atoms with Crippen molar-refractivity contribution >= 4 is 10.9 Å². The number of nitrogens with zero attached hydrogens (tertiary/aromatic N) is 1. The number of pyridine rings is 1. The van der Waals surface area contributed by atoms with Gasteiger partial charge in [-0.25, -0.2) is 0 Å². The summed E-state index contributed by atoms with van der Waals surface area (Å²) in [6.07, 6.45) is 4.74. The minimum Gasteiger partial charge on any atom is -0.322 e. The number of nitrogens with two attached hydrogens (primary N) is 1. The summed E-state index contributed by atoms with van der Waals surface area (Å²) in [4.78, 5) is 4.93. The Labute approximate surface area is 115 Å². The summed E-state index contributed by atoms with van der Waals surface area (Å²) in [5.74, 6) is 0. The average molecular weight is 254 g/mol. The second-order valence-electron chi connectivity index (χ2n) is 6.31. The van der Waals surface area contributed by atoms with Crippen LogP contribution in [-0.4, -0.2) is 4.98 Å². The van der Waals surface area contributed by atoms with Gasteiger partial charge in [-0.1, -0.05) is 18.2 Å². The maximum absolute atomic E-state index is 6.47. The van der Waals surface area contributed by atoms with E-state index < -0.39 is 0 Å². The topological polar surface area (TPSA) is 38.9 Å². The van der Waals surface area contributed by atoms with E-state index in [4.69, 9.17) is 10.7 Å². The van der Waals surface area contributed by atoms with Crippen LogP contribution in [0.4, 0.5) is 0 Å². The van der Waals surface area contributed by atoms with Crippen LogP contribution in [0.15, 0.2) is 18.2 Å². The molecular weight excluding hydrogens is 232 g/mol. The van der Waals surface area contributed by atoms with Crippen LogP contribution in [0.25, 0.3) is 10.9 Å². The zero-order valence-corrected chi connectivity index (χ0v) is 12.1. The summed E-state index contributed by atoms with van der Waals surface area (Å²) < 4.78 is 0. The highest BCUT2D eigenvalue weighted by Crippen LogP contribution is 2.35. The van der Waals surface area contributed by atoms with Crippen molar-refractivity contribution in [3.8, 4) is 0 Å². The van der Waals surface area contributed by atoms with Gasteiger partial charge < -0.3 is 5.73 Å². The third-order valence-electron chi connectivity index (χ3n) is 4.14. The summed E-state index contributed by atoms with van der Waals surface area (Å²) in [6.45, 7) is 6.36. The van der Waals surface area contributed by atoms with E-state index in [1.54, 1.807) is 0 Å². The molecule has 0 radical (unpaired) electrons. The smallest absolute Gasteiger partial charge is 0.0738 e. The van der Waals surface area contributed by atoms with Crippen molar-refractivity contribution in [1.82, 2.24) is 4.98 Å². The van der Waals surface area contributed by atoms with E-state index in [0.29, 0.717) is 0 Å². The number of para-hydroxylation sites is 1. The zero-order chi connectivity index (χ0) is 13.6. The van der Waals surface area contributed by atoms with Crippen LogP contribution < -0.4 is 5.73 Å². The molecule has 2 N–H and O–H groups in total. The predicted octanol–water partition coefficient (Wildman–Crippen LogP) is 3.62. The van der Waals surface area contributed by atoms with Crippen LogP contribution in [0.2, 0.25) is 0 Å². The van der Waals surface area contributed by atoms with Gasteiger partial charge in [-0.05, 0) is 63.1 Å². The van der Waals surface area contributed by atoms with E-state index in [0.717, 1.165) is 18.4 Å². The Morgan fingerprint density at radius 3 is 2.63 bits per heavy atom. The molecule has 1 heterocycles. The Bertz CT molecular complexity index is 636. The summed E-state index contributed by atoms with van der Waals surface area (Å²) in [6, 6.07) is 6.43. The third-order valence-corrected chi connectivity index (χ3v) is 4.14. The number of aromatic nitrogens is 1. The fourth-order valence-corrected chi connectivity index (χ4v) is 3.32. The molecule has 2 nitrogen and oxygen atoms in total. The molecule has 0 bridgehead atoms. The van der Waals surface area contributed by atoms with Gasteiger partial charge >= 0.3 is 0 Å². The molecule has 0 aliphatic heterocycles. The average Bonchev–Trinajstić information content (AvgIpc) is 2.35. The van der Waals surface area contributed by atoms with Crippen molar-refractivity contribution in [2.24, 2.45) is 5.73 Å². The van der Waals surface area contributed by atoms with Gasteiger partial charge in [0.15, 0.2) is 0 Å². The Balaban J connectivity index is 2.44. The fourth-order valence-electron chi connectivity index (χ4n) is 3.32. The first-order valence-electron chi connectivity index (χ1n) is 7.19. The third kappa shape index (κ3) is 2.04. The molecule has 19 heavy (non-hydrogen) atoms. The van der Waals surface area contributed by atoms with E-state index in [2.05, 4.69) is 39.0 Å². The summed E-state index contributed by atoms with van der Waals surface area (Å²) in [5.41, 5.74) is 12.6. The standard InChI is InChI=1S/C17H22N2/c1-11-7-6-9-13-15(17(2,3)18)12-8-4-5-10-14(12)19-16(11)13/h6-7,9H,4-5,8,10,18H2,1-3H3. The van der Waals surface area contributed by atoms with Crippen LogP contribution in [0.3, 0.4) is 0 Å². The Kier molecular flexibility index (Phi) is 2.86. The van der Waals surface area contributed by atoms with Gasteiger partial charge in [-0.2, -0.15) is 0 Å². The molecule has 0 saturated carbocycles. The molecule has 1 aliphatic rings. The molecule has 3 rings (SSSR count). The lowest BCUT2D eigenvalue weighted by Gasteiger charge is -2.29. The van der Waals surface area contributed by atoms with Crippen LogP contribution in [-0.2, 0) is 18.4 Å². The molecule has 0 fully saturated rings. The second kappa shape index (κ2) is 4.31. The SMILES string of the molecule is Cc1cccc2c(C(C)(C)N)c3c(nc12)CCCC3. The normalized spacial score (nSPS) is 15.6. The second-order valence-corrected chi connectivity index (χ2v) is 6.31. The van der Waals surface area contributed by atoms with Gasteiger partial charge in [0.2, 0.25) is 0 Å². The first-order chi connectivity index (χ1) is 8.98. The van der Waals surface area contributed by atoms with Crippen LogP contribution >= 0.6 is 0 Å². The lowest BCUT2D eigenvalue weighted by molar-refractivity contribution is 0.541. The molecule has 0 saturated heterocycles. The van der Waals surface area contributed by atoms with Gasteiger partial charge in [0, 0.05) is 16.6 Å². The Morgan fingerprint density at radius 2 is 1.89 bits per heavy atom. The number of hydrogen-bond acceptors (Lipinski definition) is 2. The molecule has 0 amide bonds. The molecule has 100 valence electrons. The fraction of sp³-hybridized carbons (Fsp3) is 0.471. The first-order valence-corrected chi connectivity index (χ1v) is 7.19. The maximum atomic E-state index is 6.47. The number of hydrogen-bond donors (Lipinski definition) is 1. The number of aryl methyl sites for hydroxylation is 2. The van der Waals surface area contributed by atoms with E-state index in [9.17, 15) is 0 Å². The highest BCUT2D eigenvalue weighted by Gasteiger charge is 2.26. The number of rotatable bonds is 1. The zero-order valence-electron chi connectivity index (χ0n) is 12.1. The van der Waals surface area contributed by atoms with Crippen LogP contribution in [0, 0.1) is 6.92 Å². The summed E-state index contributed by atoms with van der Waals surface area (Å²) in [7, 11) is 0. The first kappa shape index (κ1) is 12.6. The molecule has 2 aromatic rings. The van der Waals surface area contributed by atoms with Crippen molar-refractivity contribution in [2.75, 3.05) is 0 Å². The molecule has 1 aromatic heterocycles. The summed E-state index contributed by atoms with van der Waals surface area (Å²) >= 11 is 0. The minimum atomic E-state index is -0.309. The van der Waals surface area contributed by atoms with Crippen molar-refractivity contribution in [3.05, 3.63) is 40.6 Å². The van der Waals surface area contributed by atoms with Crippen molar-refractivity contribution in [1.29, 1.82) is 0 Å². The molecule has 0 unspecified atom stereocenters. The monoisotopic (exact) mass is 254 g/mol. The van der Waals surface area contributed by atoms with Crippen molar-refractivity contribution < 1.29 is 0 Å². The Morgan fingerprint density at radius 1 is 1.16 bits per heavy atom. The summed E-state index contributed by atoms with van der Waals surface area (Å²) in [5, 5.41) is 1.24. The van der Waals surface area contributed by atoms with Crippen LogP contribution in [0.1, 0.15) is 49.1 Å². The Hall–Kier alpha value is -1.41. The minimum absolute atomic E-state index is 0.309. The lowest BCUT2D eigenvalue weighted by atomic mass is 9.81. The molecule has 1 aromatic carbocycles. The van der Waals surface area contributed by atoms with Gasteiger partial charge in [0.05, 0.1) is 5.52 Å². The van der Waals surface area contributed by atoms with Crippen molar-refractivity contribution in [2.45, 2.75) is 52.0 Å². The van der Waals surface area contributed by atoms with Gasteiger partial charge in [-0.3, -0.25) is 4.98 Å². The van der Waals surface area contributed by atoms with Gasteiger partial charge in [0.25, 0.3) is 0 Å². The van der Waals surface area contributed by atoms with E-state index >= 15 is 0 Å². The lowest BCUT2D eigenvalue weighted by Crippen LogP contribution is -2.32. The highest BCUT2D eigenvalue weighted by atomic mass is 14.8. The van der Waals surface area contributed by atoms with Gasteiger partial charge in [-0.15, -0.1) is 0 Å². The molecule has 2 heteroatoms. The van der Waals surface area contributed by atoms with E-state index in [1.807, 2.05) is 0 Å². The predicted molar refractivity (Wildman–Crippen MR) is 80.3 cm³/mol. The van der Waals surface area contributed by atoms with Gasteiger partial charge in [0.1, 0.15) is 0 Å². The quantitative estimate of drug-likeness (QED) is 0.844. The highest BCUT2D eigenvalue weighted by molar-refractivity contribution is 5.87. The van der Waals surface area contributed by atoms with E-state index in [1.165, 1.54) is 40.6 Å². The molecular formula is C17H22N2. The molecule has 0 spiro atoms. The number of benzene rings is 1. The van der Waals surface area contributed by atoms with Crippen LogP contribution in [0.5, 0.6) is 0 Å². The van der Waals surface area contributed by atoms with E-state index in [-0.39, 0.29) is 5.54 Å². The number of fused-ring (bicyclic) bond motifs is 2. The molecule has 0 atom stereocenters. The van der Waals surface area contributed by atoms with Crippen molar-refractivity contribution in [3.63, 3.8) is 0 Å². The maximum Gasteiger partial charge on any atom is 0.0738 e.